The van der Waals surface area contributed by atoms with Gasteiger partial charge in [0.2, 0.25) is 0 Å². The smallest absolute Gasteiger partial charge is 0.323 e. The van der Waals surface area contributed by atoms with Gasteiger partial charge >= 0.3 is 11.9 Å². The lowest BCUT2D eigenvalue weighted by atomic mass is 9.79. The Bertz CT molecular complexity index is 301. The molecule has 0 saturated carbocycles. The van der Waals surface area contributed by atoms with E-state index in [1.807, 2.05) is 13.0 Å². The molecule has 0 heterocycles. The van der Waals surface area contributed by atoms with Crippen molar-refractivity contribution in [2.24, 2.45) is 5.41 Å². The fourth-order valence-electron chi connectivity index (χ4n) is 1.85. The molecule has 0 N–H and O–H groups in total. The average molecular weight is 255 g/mol. The van der Waals surface area contributed by atoms with E-state index < -0.39 is 17.4 Å². The first-order valence-corrected chi connectivity index (χ1v) is 6.30. The molecule has 0 aliphatic heterocycles. The number of hydrogen-bond acceptors (Lipinski definition) is 5. The molecule has 0 aromatic heterocycles. The Hall–Kier alpha value is -1.57. The van der Waals surface area contributed by atoms with Crippen LogP contribution in [0.15, 0.2) is 0 Å². The van der Waals surface area contributed by atoms with Crippen LogP contribution in [0, 0.1) is 16.7 Å². The monoisotopic (exact) mass is 255 g/mol. The van der Waals surface area contributed by atoms with E-state index in [9.17, 15) is 9.59 Å². The molecule has 5 nitrogen and oxygen atoms in total. The summed E-state index contributed by atoms with van der Waals surface area (Å²) < 4.78 is 9.95. The van der Waals surface area contributed by atoms with E-state index in [1.54, 1.807) is 13.8 Å². The number of carbonyl (C=O) groups is 2. The normalized spacial score (nSPS) is 10.6. The maximum Gasteiger partial charge on any atom is 0.323 e. The maximum atomic E-state index is 12.0. The van der Waals surface area contributed by atoms with E-state index in [0.717, 1.165) is 0 Å². The van der Waals surface area contributed by atoms with Crippen LogP contribution in [0.4, 0.5) is 0 Å². The number of carbonyl (C=O) groups excluding carboxylic acids is 2. The van der Waals surface area contributed by atoms with Gasteiger partial charge in [-0.15, -0.1) is 0 Å². The number of nitriles is 1. The van der Waals surface area contributed by atoms with Crippen molar-refractivity contribution in [3.05, 3.63) is 0 Å². The number of nitrogens with zero attached hydrogens (tertiary/aromatic N) is 1. The average Bonchev–Trinajstić information content (AvgIpc) is 2.35. The lowest BCUT2D eigenvalue weighted by Gasteiger charge is -2.27. The van der Waals surface area contributed by atoms with Crippen LogP contribution < -0.4 is 0 Å². The molecule has 0 rings (SSSR count). The molecule has 5 heteroatoms. The second kappa shape index (κ2) is 8.51. The molecule has 0 radical (unpaired) electrons. The van der Waals surface area contributed by atoms with Gasteiger partial charge in [-0.2, -0.15) is 5.26 Å². The predicted octanol–water partition coefficient (Wildman–Crippen LogP) is 2.20. The summed E-state index contributed by atoms with van der Waals surface area (Å²) in [6.07, 6.45) is 1.25. The minimum Gasteiger partial charge on any atom is -0.465 e. The molecule has 0 aromatic rings. The Balaban J connectivity index is 5.19. The van der Waals surface area contributed by atoms with Crippen molar-refractivity contribution in [2.45, 2.75) is 46.5 Å². The van der Waals surface area contributed by atoms with E-state index >= 15 is 0 Å². The first-order valence-electron chi connectivity index (χ1n) is 6.30. The van der Waals surface area contributed by atoms with Crippen molar-refractivity contribution in [1.29, 1.82) is 5.26 Å². The van der Waals surface area contributed by atoms with Crippen molar-refractivity contribution in [1.82, 2.24) is 0 Å². The number of ether oxygens (including phenoxy) is 2. The highest BCUT2D eigenvalue weighted by Crippen LogP contribution is 2.33. The van der Waals surface area contributed by atoms with Crippen molar-refractivity contribution in [2.75, 3.05) is 13.2 Å². The highest BCUT2D eigenvalue weighted by Gasteiger charge is 2.47. The van der Waals surface area contributed by atoms with Crippen LogP contribution in [0.25, 0.3) is 0 Å². The van der Waals surface area contributed by atoms with Gasteiger partial charge in [0.25, 0.3) is 0 Å². The minimum absolute atomic E-state index is 0.123. The van der Waals surface area contributed by atoms with Crippen molar-refractivity contribution >= 4 is 11.9 Å². The van der Waals surface area contributed by atoms with E-state index in [1.165, 1.54) is 0 Å². The minimum atomic E-state index is -1.32. The molecule has 18 heavy (non-hydrogen) atoms. The highest BCUT2D eigenvalue weighted by atomic mass is 16.6. The SMILES string of the molecule is CCCC(CCC#N)(C(=O)OCC)C(=O)OCC. The first-order chi connectivity index (χ1) is 8.58. The van der Waals surface area contributed by atoms with Gasteiger partial charge < -0.3 is 9.47 Å². The molecule has 0 aliphatic carbocycles. The van der Waals surface area contributed by atoms with Gasteiger partial charge in [0, 0.05) is 6.42 Å². The van der Waals surface area contributed by atoms with Crippen LogP contribution in [0.2, 0.25) is 0 Å². The van der Waals surface area contributed by atoms with Gasteiger partial charge in [0.15, 0.2) is 5.41 Å². The lowest BCUT2D eigenvalue weighted by molar-refractivity contribution is -0.173. The number of esters is 2. The Labute approximate surface area is 108 Å². The molecule has 0 aromatic carbocycles. The van der Waals surface area contributed by atoms with Gasteiger partial charge in [-0.1, -0.05) is 13.3 Å². The number of hydrogen-bond donors (Lipinski definition) is 0. The van der Waals surface area contributed by atoms with E-state index in [2.05, 4.69) is 0 Å². The number of rotatable bonds is 8. The summed E-state index contributed by atoms with van der Waals surface area (Å²) in [5.41, 5.74) is -1.32. The lowest BCUT2D eigenvalue weighted by Crippen LogP contribution is -2.42. The Kier molecular flexibility index (Phi) is 7.77. The fraction of sp³-hybridized carbons (Fsp3) is 0.769. The second-order valence-corrected chi connectivity index (χ2v) is 3.93. The van der Waals surface area contributed by atoms with E-state index in [4.69, 9.17) is 14.7 Å². The summed E-state index contributed by atoms with van der Waals surface area (Å²) >= 11 is 0. The zero-order valence-electron chi connectivity index (χ0n) is 11.3. The third kappa shape index (κ3) is 4.02. The maximum absolute atomic E-state index is 12.0. The van der Waals surface area contributed by atoms with Crippen LogP contribution in [-0.2, 0) is 19.1 Å². The molecule has 0 aliphatic rings. The third-order valence-electron chi connectivity index (χ3n) is 2.67. The van der Waals surface area contributed by atoms with Gasteiger partial charge in [-0.05, 0) is 26.7 Å². The first kappa shape index (κ1) is 16.4. The molecule has 0 unspecified atom stereocenters. The molecular formula is C13H21NO4. The summed E-state index contributed by atoms with van der Waals surface area (Å²) in [7, 11) is 0. The molecular weight excluding hydrogens is 234 g/mol. The molecule has 0 saturated heterocycles. The zero-order valence-corrected chi connectivity index (χ0v) is 11.3. The predicted molar refractivity (Wildman–Crippen MR) is 65.5 cm³/mol. The van der Waals surface area contributed by atoms with Crippen LogP contribution >= 0.6 is 0 Å². The molecule has 0 fully saturated rings. The molecule has 0 spiro atoms. The zero-order chi connectivity index (χ0) is 14.0. The molecule has 0 amide bonds. The van der Waals surface area contributed by atoms with Gasteiger partial charge in [-0.25, -0.2) is 0 Å². The Morgan fingerprint density at radius 2 is 1.56 bits per heavy atom. The van der Waals surface area contributed by atoms with Gasteiger partial charge in [0.1, 0.15) is 0 Å². The fourth-order valence-corrected chi connectivity index (χ4v) is 1.85. The largest absolute Gasteiger partial charge is 0.465 e. The van der Waals surface area contributed by atoms with Crippen molar-refractivity contribution in [3.63, 3.8) is 0 Å². The van der Waals surface area contributed by atoms with Crippen molar-refractivity contribution < 1.29 is 19.1 Å². The second-order valence-electron chi connectivity index (χ2n) is 3.93. The standard InChI is InChI=1S/C13H21NO4/c1-4-8-13(9-7-10-14,11(15)17-5-2)12(16)18-6-3/h4-9H2,1-3H3. The summed E-state index contributed by atoms with van der Waals surface area (Å²) in [6, 6.07) is 1.96. The van der Waals surface area contributed by atoms with E-state index in [0.29, 0.717) is 12.8 Å². The summed E-state index contributed by atoms with van der Waals surface area (Å²) in [4.78, 5) is 24.1. The van der Waals surface area contributed by atoms with E-state index in [-0.39, 0.29) is 26.1 Å². The molecule has 0 atom stereocenters. The van der Waals surface area contributed by atoms with Crippen molar-refractivity contribution in [3.8, 4) is 6.07 Å². The highest BCUT2D eigenvalue weighted by molar-refractivity contribution is 6.00. The quantitative estimate of drug-likeness (QED) is 0.491. The Morgan fingerprint density at radius 1 is 1.06 bits per heavy atom. The van der Waals surface area contributed by atoms with Crippen LogP contribution in [0.1, 0.15) is 46.5 Å². The summed E-state index contributed by atoms with van der Waals surface area (Å²) in [6.45, 7) is 5.65. The van der Waals surface area contributed by atoms with Gasteiger partial charge in [0.05, 0.1) is 19.3 Å². The molecule has 102 valence electrons. The van der Waals surface area contributed by atoms with Crippen LogP contribution in [0.3, 0.4) is 0 Å². The molecule has 0 bridgehead atoms. The Morgan fingerprint density at radius 3 is 1.89 bits per heavy atom. The summed E-state index contributed by atoms with van der Waals surface area (Å²) in [5.74, 6) is -1.17. The van der Waals surface area contributed by atoms with Crippen LogP contribution in [-0.4, -0.2) is 25.2 Å². The summed E-state index contributed by atoms with van der Waals surface area (Å²) in [5, 5.41) is 8.67. The van der Waals surface area contributed by atoms with Crippen LogP contribution in [0.5, 0.6) is 0 Å². The third-order valence-corrected chi connectivity index (χ3v) is 2.67. The van der Waals surface area contributed by atoms with Gasteiger partial charge in [-0.3, -0.25) is 9.59 Å². The topological polar surface area (TPSA) is 76.4 Å².